The van der Waals surface area contributed by atoms with E-state index in [-0.39, 0.29) is 18.2 Å². The molecule has 0 saturated carbocycles. The Labute approximate surface area is 168 Å². The lowest BCUT2D eigenvalue weighted by Gasteiger charge is -2.26. The molecule has 2 amide bonds. The maximum Gasteiger partial charge on any atom is 0.226 e. The molecule has 5 nitrogen and oxygen atoms in total. The summed E-state index contributed by atoms with van der Waals surface area (Å²) in [6.07, 6.45) is 1.94. The Balaban J connectivity index is 2.10. The number of aryl methyl sites for hydroxylation is 2. The molecule has 150 valence electrons. The van der Waals surface area contributed by atoms with Crippen molar-refractivity contribution in [3.05, 3.63) is 53.6 Å². The number of carbonyl (C=O) groups is 2. The van der Waals surface area contributed by atoms with E-state index in [1.54, 1.807) is 11.8 Å². The third-order valence-corrected chi connectivity index (χ3v) is 4.84. The number of benzene rings is 2. The summed E-state index contributed by atoms with van der Waals surface area (Å²) in [6, 6.07) is 13.8. The van der Waals surface area contributed by atoms with E-state index < -0.39 is 0 Å². The second-order valence-corrected chi connectivity index (χ2v) is 7.04. The maximum atomic E-state index is 12.4. The second kappa shape index (κ2) is 9.93. The van der Waals surface area contributed by atoms with Crippen LogP contribution in [-0.4, -0.2) is 32.5 Å². The maximum absolute atomic E-state index is 12.4. The number of rotatable bonds is 8. The molecule has 0 aromatic heterocycles. The highest BCUT2D eigenvalue weighted by Gasteiger charge is 2.19. The highest BCUT2D eigenvalue weighted by Crippen LogP contribution is 2.27. The molecule has 0 spiro atoms. The van der Waals surface area contributed by atoms with Crippen LogP contribution in [0.3, 0.4) is 0 Å². The summed E-state index contributed by atoms with van der Waals surface area (Å²) in [7, 11) is 3.95. The molecule has 0 saturated heterocycles. The fourth-order valence-corrected chi connectivity index (χ4v) is 3.27. The molecule has 0 aliphatic carbocycles. The molecule has 0 bridgehead atoms. The fraction of sp³-hybridized carbons (Fsp3) is 0.391. The van der Waals surface area contributed by atoms with Gasteiger partial charge in [-0.3, -0.25) is 9.59 Å². The number of nitrogens with one attached hydrogen (secondary N) is 1. The molecule has 0 heterocycles. The topological polar surface area (TPSA) is 52.7 Å². The molecule has 0 aliphatic rings. The molecule has 1 N–H and O–H groups in total. The van der Waals surface area contributed by atoms with Crippen LogP contribution in [0.2, 0.25) is 0 Å². The van der Waals surface area contributed by atoms with Crippen LogP contribution in [0.25, 0.3) is 0 Å². The van der Waals surface area contributed by atoms with E-state index in [4.69, 9.17) is 0 Å². The normalized spacial score (nSPS) is 10.5. The highest BCUT2D eigenvalue weighted by atomic mass is 16.2. The summed E-state index contributed by atoms with van der Waals surface area (Å²) in [5.74, 6) is -0.144. The molecule has 0 fully saturated rings. The summed E-state index contributed by atoms with van der Waals surface area (Å²) in [4.78, 5) is 28.5. The van der Waals surface area contributed by atoms with Crippen molar-refractivity contribution < 1.29 is 9.59 Å². The zero-order valence-corrected chi connectivity index (χ0v) is 17.6. The van der Waals surface area contributed by atoms with Crippen molar-refractivity contribution in [1.29, 1.82) is 0 Å². The van der Waals surface area contributed by atoms with Gasteiger partial charge in [0.25, 0.3) is 0 Å². The smallest absolute Gasteiger partial charge is 0.226 e. The van der Waals surface area contributed by atoms with Crippen LogP contribution in [0.1, 0.15) is 38.3 Å². The van der Waals surface area contributed by atoms with Crippen molar-refractivity contribution in [2.24, 2.45) is 0 Å². The number of carbonyl (C=O) groups excluding carboxylic acids is 2. The number of hydrogen-bond acceptors (Lipinski definition) is 3. The van der Waals surface area contributed by atoms with Gasteiger partial charge in [0.15, 0.2) is 0 Å². The minimum atomic E-state index is -0.101. The van der Waals surface area contributed by atoms with Crippen LogP contribution in [0, 0.1) is 0 Å². The molecule has 0 atom stereocenters. The van der Waals surface area contributed by atoms with Gasteiger partial charge in [0, 0.05) is 51.0 Å². The van der Waals surface area contributed by atoms with Crippen molar-refractivity contribution in [3.8, 4) is 0 Å². The lowest BCUT2D eigenvalue weighted by Crippen LogP contribution is -2.33. The number of amides is 2. The molecule has 0 radical (unpaired) electrons. The van der Waals surface area contributed by atoms with Crippen LogP contribution in [0.15, 0.2) is 42.5 Å². The van der Waals surface area contributed by atoms with E-state index >= 15 is 0 Å². The quantitative estimate of drug-likeness (QED) is 0.743. The summed E-state index contributed by atoms with van der Waals surface area (Å²) in [5, 5.41) is 2.92. The summed E-state index contributed by atoms with van der Waals surface area (Å²) < 4.78 is 0. The zero-order valence-electron chi connectivity index (χ0n) is 17.6. The van der Waals surface area contributed by atoms with E-state index in [0.29, 0.717) is 6.54 Å². The Bertz CT molecular complexity index is 791. The Kier molecular flexibility index (Phi) is 7.61. The molecule has 0 aliphatic heterocycles. The predicted molar refractivity (Wildman–Crippen MR) is 117 cm³/mol. The van der Waals surface area contributed by atoms with Gasteiger partial charge in [0.2, 0.25) is 11.8 Å². The van der Waals surface area contributed by atoms with E-state index in [1.807, 2.05) is 49.3 Å². The van der Waals surface area contributed by atoms with E-state index in [9.17, 15) is 9.59 Å². The van der Waals surface area contributed by atoms with Crippen molar-refractivity contribution in [1.82, 2.24) is 0 Å². The van der Waals surface area contributed by atoms with E-state index in [2.05, 4.69) is 31.3 Å². The van der Waals surface area contributed by atoms with Gasteiger partial charge in [0.05, 0.1) is 0 Å². The van der Waals surface area contributed by atoms with Crippen LogP contribution in [-0.2, 0) is 22.4 Å². The number of anilines is 3. The molecule has 2 aromatic rings. The summed E-state index contributed by atoms with van der Waals surface area (Å²) >= 11 is 0. The SMILES string of the molecule is CCc1cccc(CC)c1N(CCC(=O)Nc1ccc(N(C)C)cc1)C(C)=O. The van der Waals surface area contributed by atoms with Gasteiger partial charge >= 0.3 is 0 Å². The molecular formula is C23H31N3O2. The van der Waals surface area contributed by atoms with Crippen molar-refractivity contribution in [3.63, 3.8) is 0 Å². The zero-order chi connectivity index (χ0) is 20.7. The first-order valence-corrected chi connectivity index (χ1v) is 9.83. The van der Waals surface area contributed by atoms with Gasteiger partial charge in [-0.05, 0) is 48.2 Å². The van der Waals surface area contributed by atoms with Gasteiger partial charge in [-0.15, -0.1) is 0 Å². The standard InChI is InChI=1S/C23H31N3O2/c1-6-18-9-8-10-19(7-2)23(18)26(17(3)27)16-15-22(28)24-20-11-13-21(14-12-20)25(4)5/h8-14H,6-7,15-16H2,1-5H3,(H,24,28). The number of para-hydroxylation sites is 1. The van der Waals surface area contributed by atoms with Crippen molar-refractivity contribution in [2.75, 3.05) is 35.8 Å². The third-order valence-electron chi connectivity index (χ3n) is 4.84. The molecule has 28 heavy (non-hydrogen) atoms. The predicted octanol–water partition coefficient (Wildman–Crippen LogP) is 4.26. The molecule has 2 rings (SSSR count). The van der Waals surface area contributed by atoms with Crippen molar-refractivity contribution >= 4 is 28.9 Å². The average molecular weight is 382 g/mol. The average Bonchev–Trinajstić information content (AvgIpc) is 2.68. The van der Waals surface area contributed by atoms with Crippen molar-refractivity contribution in [2.45, 2.75) is 40.0 Å². The number of nitrogens with zero attached hydrogens (tertiary/aromatic N) is 2. The Hall–Kier alpha value is -2.82. The first-order chi connectivity index (χ1) is 13.4. The van der Waals surface area contributed by atoms with Crippen LogP contribution >= 0.6 is 0 Å². The summed E-state index contributed by atoms with van der Waals surface area (Å²) in [5.41, 5.74) is 5.06. The lowest BCUT2D eigenvalue weighted by molar-refractivity contribution is -0.117. The van der Waals surface area contributed by atoms with E-state index in [0.717, 1.165) is 41.0 Å². The third kappa shape index (κ3) is 5.35. The Morgan fingerprint density at radius 1 is 0.929 bits per heavy atom. The van der Waals surface area contributed by atoms with Gasteiger partial charge in [-0.2, -0.15) is 0 Å². The number of hydrogen-bond donors (Lipinski definition) is 1. The van der Waals surface area contributed by atoms with Gasteiger partial charge in [-0.1, -0.05) is 32.0 Å². The van der Waals surface area contributed by atoms with Crippen LogP contribution < -0.4 is 15.1 Å². The minimum Gasteiger partial charge on any atom is -0.378 e. The Morgan fingerprint density at radius 3 is 1.96 bits per heavy atom. The lowest BCUT2D eigenvalue weighted by atomic mass is 10.0. The molecule has 5 heteroatoms. The van der Waals surface area contributed by atoms with Gasteiger partial charge < -0.3 is 15.1 Å². The van der Waals surface area contributed by atoms with Crippen LogP contribution in [0.4, 0.5) is 17.1 Å². The van der Waals surface area contributed by atoms with E-state index in [1.165, 1.54) is 0 Å². The second-order valence-electron chi connectivity index (χ2n) is 7.04. The molecular weight excluding hydrogens is 350 g/mol. The highest BCUT2D eigenvalue weighted by molar-refractivity contribution is 5.96. The monoisotopic (exact) mass is 381 g/mol. The Morgan fingerprint density at radius 2 is 1.50 bits per heavy atom. The summed E-state index contributed by atoms with van der Waals surface area (Å²) in [6.45, 7) is 6.09. The van der Waals surface area contributed by atoms with Gasteiger partial charge in [-0.25, -0.2) is 0 Å². The first-order valence-electron chi connectivity index (χ1n) is 9.83. The molecule has 0 unspecified atom stereocenters. The fourth-order valence-electron chi connectivity index (χ4n) is 3.27. The first kappa shape index (κ1) is 21.5. The van der Waals surface area contributed by atoms with Gasteiger partial charge in [0.1, 0.15) is 0 Å². The largest absolute Gasteiger partial charge is 0.378 e. The minimum absolute atomic E-state index is 0.0428. The van der Waals surface area contributed by atoms with Crippen LogP contribution in [0.5, 0.6) is 0 Å². The molecule has 2 aromatic carbocycles.